The fourth-order valence-electron chi connectivity index (χ4n) is 2.25. The van der Waals surface area contributed by atoms with E-state index in [1.54, 1.807) is 11.3 Å². The number of rotatable bonds is 1. The fourth-order valence-corrected chi connectivity index (χ4v) is 3.93. The van der Waals surface area contributed by atoms with Crippen molar-refractivity contribution in [3.8, 4) is 6.07 Å². The van der Waals surface area contributed by atoms with E-state index in [4.69, 9.17) is 12.2 Å². The van der Waals surface area contributed by atoms with Crippen LogP contribution in [0.4, 0.5) is 5.00 Å². The molecule has 0 radical (unpaired) electrons. The van der Waals surface area contributed by atoms with Gasteiger partial charge in [0, 0.05) is 11.8 Å². The number of hydrogen-bond donors (Lipinski definition) is 2. The third-order valence-corrected chi connectivity index (χ3v) is 4.51. The van der Waals surface area contributed by atoms with Gasteiger partial charge in [0.05, 0.1) is 5.56 Å². The van der Waals surface area contributed by atoms with Crippen molar-refractivity contribution in [1.82, 2.24) is 5.32 Å². The molecule has 1 unspecified atom stereocenters. The van der Waals surface area contributed by atoms with Gasteiger partial charge >= 0.3 is 0 Å². The number of thiocarbonyl (C=S) groups is 1. The molecule has 2 N–H and O–H groups in total. The summed E-state index contributed by atoms with van der Waals surface area (Å²) in [5.74, 6) is 0.443. The minimum Gasteiger partial charge on any atom is -0.323 e. The van der Waals surface area contributed by atoms with E-state index >= 15 is 0 Å². The molecule has 1 atom stereocenters. The first kappa shape index (κ1) is 14.0. The van der Waals surface area contributed by atoms with Gasteiger partial charge in [-0.1, -0.05) is 6.92 Å². The van der Waals surface area contributed by atoms with Crippen LogP contribution < -0.4 is 10.6 Å². The Hall–Kier alpha value is -1.45. The van der Waals surface area contributed by atoms with Crippen molar-refractivity contribution in [2.75, 3.05) is 5.32 Å². The summed E-state index contributed by atoms with van der Waals surface area (Å²) >= 11 is 6.61. The zero-order valence-corrected chi connectivity index (χ0v) is 12.5. The Balaban J connectivity index is 2.24. The molecular formula is C13H15N3OS2. The topological polar surface area (TPSA) is 64.9 Å². The lowest BCUT2D eigenvalue weighted by atomic mass is 9.89. The molecule has 100 valence electrons. The summed E-state index contributed by atoms with van der Waals surface area (Å²) in [6.07, 6.45) is 3.09. The lowest BCUT2D eigenvalue weighted by Gasteiger charge is -2.17. The minimum absolute atomic E-state index is 0.217. The number of hydrogen-bond acceptors (Lipinski definition) is 4. The zero-order valence-electron chi connectivity index (χ0n) is 10.9. The Bertz CT molecular complexity index is 571. The Morgan fingerprint density at radius 3 is 2.95 bits per heavy atom. The van der Waals surface area contributed by atoms with Crippen molar-refractivity contribution in [3.05, 3.63) is 16.0 Å². The van der Waals surface area contributed by atoms with E-state index in [0.29, 0.717) is 11.5 Å². The van der Waals surface area contributed by atoms with Crippen LogP contribution in [-0.4, -0.2) is 11.0 Å². The van der Waals surface area contributed by atoms with Gasteiger partial charge in [0.25, 0.3) is 0 Å². The summed E-state index contributed by atoms with van der Waals surface area (Å²) in [5.41, 5.74) is 1.83. The normalized spacial score (nSPS) is 17.2. The molecule has 19 heavy (non-hydrogen) atoms. The Labute approximate surface area is 121 Å². The smallest absolute Gasteiger partial charge is 0.222 e. The minimum atomic E-state index is -0.217. The highest BCUT2D eigenvalue weighted by Crippen LogP contribution is 2.39. The largest absolute Gasteiger partial charge is 0.323 e. The average molecular weight is 293 g/mol. The van der Waals surface area contributed by atoms with Crippen molar-refractivity contribution in [2.45, 2.75) is 33.1 Å². The number of amides is 1. The summed E-state index contributed by atoms with van der Waals surface area (Å²) < 4.78 is 0. The number of fused-ring (bicyclic) bond motifs is 1. The van der Waals surface area contributed by atoms with E-state index in [9.17, 15) is 10.1 Å². The van der Waals surface area contributed by atoms with Gasteiger partial charge in [-0.05, 0) is 43.0 Å². The van der Waals surface area contributed by atoms with Gasteiger partial charge in [-0.25, -0.2) is 0 Å². The maximum absolute atomic E-state index is 10.9. The maximum atomic E-state index is 10.9. The predicted molar refractivity (Wildman–Crippen MR) is 80.3 cm³/mol. The number of anilines is 1. The quantitative estimate of drug-likeness (QED) is 0.781. The van der Waals surface area contributed by atoms with E-state index in [0.717, 1.165) is 29.8 Å². The molecule has 1 aromatic heterocycles. The molecule has 4 nitrogen and oxygen atoms in total. The first-order chi connectivity index (χ1) is 9.01. The summed E-state index contributed by atoms with van der Waals surface area (Å²) in [4.78, 5) is 12.2. The van der Waals surface area contributed by atoms with Crippen molar-refractivity contribution >= 4 is 39.6 Å². The van der Waals surface area contributed by atoms with Gasteiger partial charge in [0.2, 0.25) is 5.91 Å². The summed E-state index contributed by atoms with van der Waals surface area (Å²) in [6.45, 7) is 3.63. The Morgan fingerprint density at radius 1 is 1.58 bits per heavy atom. The lowest BCUT2D eigenvalue weighted by Crippen LogP contribution is -2.32. The van der Waals surface area contributed by atoms with E-state index < -0.39 is 0 Å². The van der Waals surface area contributed by atoms with Gasteiger partial charge in [0.1, 0.15) is 11.1 Å². The highest BCUT2D eigenvalue weighted by atomic mass is 32.1. The van der Waals surface area contributed by atoms with Crippen LogP contribution >= 0.6 is 23.6 Å². The van der Waals surface area contributed by atoms with Crippen molar-refractivity contribution in [1.29, 1.82) is 5.26 Å². The van der Waals surface area contributed by atoms with Crippen LogP contribution in [0, 0.1) is 17.2 Å². The molecule has 1 aromatic rings. The number of nitrogens with zero attached hydrogens (tertiary/aromatic N) is 1. The second-order valence-electron chi connectivity index (χ2n) is 4.80. The van der Waals surface area contributed by atoms with Gasteiger partial charge in [0.15, 0.2) is 5.11 Å². The molecule has 1 aliphatic carbocycles. The van der Waals surface area contributed by atoms with E-state index in [2.05, 4.69) is 23.6 Å². The van der Waals surface area contributed by atoms with Crippen LogP contribution in [0.15, 0.2) is 0 Å². The number of carbonyl (C=O) groups is 1. The van der Waals surface area contributed by atoms with Crippen LogP contribution in [0.25, 0.3) is 0 Å². The summed E-state index contributed by atoms with van der Waals surface area (Å²) in [5, 5.41) is 15.8. The van der Waals surface area contributed by atoms with Crippen molar-refractivity contribution in [3.63, 3.8) is 0 Å². The average Bonchev–Trinajstić information content (AvgIpc) is 2.63. The number of nitrogens with one attached hydrogen (secondary N) is 2. The highest BCUT2D eigenvalue weighted by Gasteiger charge is 2.24. The molecule has 0 aliphatic heterocycles. The molecule has 1 amide bonds. The second kappa shape index (κ2) is 5.68. The molecule has 0 saturated heterocycles. The third-order valence-electron chi connectivity index (χ3n) is 3.14. The van der Waals surface area contributed by atoms with Crippen LogP contribution in [-0.2, 0) is 17.6 Å². The number of nitriles is 1. The standard InChI is InChI=1S/C13H15N3OS2/c1-7-3-4-9-10(6-14)12(19-11(9)5-7)16-13(18)15-8(2)17/h7H,3-5H2,1-2H3,(H2,15,16,17,18). The zero-order chi connectivity index (χ0) is 14.0. The van der Waals surface area contributed by atoms with Gasteiger partial charge in [-0.3, -0.25) is 4.79 Å². The first-order valence-corrected chi connectivity index (χ1v) is 7.37. The van der Waals surface area contributed by atoms with Crippen molar-refractivity contribution in [2.24, 2.45) is 5.92 Å². The fraction of sp³-hybridized carbons (Fsp3) is 0.462. The van der Waals surface area contributed by atoms with Gasteiger partial charge < -0.3 is 10.6 Å². The van der Waals surface area contributed by atoms with Crippen LogP contribution in [0.3, 0.4) is 0 Å². The molecule has 2 rings (SSSR count). The molecule has 1 aliphatic rings. The monoisotopic (exact) mass is 293 g/mol. The SMILES string of the molecule is CC(=O)NC(=S)Nc1sc2c(c1C#N)CCC(C)C2. The molecule has 0 saturated carbocycles. The van der Waals surface area contributed by atoms with E-state index in [-0.39, 0.29) is 11.0 Å². The summed E-state index contributed by atoms with van der Waals surface area (Å²) in [7, 11) is 0. The Kier molecular flexibility index (Phi) is 4.17. The van der Waals surface area contributed by atoms with Crippen LogP contribution in [0.2, 0.25) is 0 Å². The maximum Gasteiger partial charge on any atom is 0.222 e. The molecule has 6 heteroatoms. The second-order valence-corrected chi connectivity index (χ2v) is 6.32. The molecular weight excluding hydrogens is 278 g/mol. The van der Waals surface area contributed by atoms with Crippen molar-refractivity contribution < 1.29 is 4.79 Å². The van der Waals surface area contributed by atoms with Gasteiger partial charge in [-0.15, -0.1) is 11.3 Å². The van der Waals surface area contributed by atoms with E-state index in [1.807, 2.05) is 0 Å². The highest BCUT2D eigenvalue weighted by molar-refractivity contribution is 7.80. The van der Waals surface area contributed by atoms with Crippen LogP contribution in [0.1, 0.15) is 36.3 Å². The predicted octanol–water partition coefficient (Wildman–Crippen LogP) is 2.58. The van der Waals surface area contributed by atoms with Crippen LogP contribution in [0.5, 0.6) is 0 Å². The molecule has 0 bridgehead atoms. The first-order valence-electron chi connectivity index (χ1n) is 6.14. The third kappa shape index (κ3) is 3.11. The lowest BCUT2D eigenvalue weighted by molar-refractivity contribution is -0.117. The molecule has 1 heterocycles. The molecule has 0 aromatic carbocycles. The Morgan fingerprint density at radius 2 is 2.32 bits per heavy atom. The molecule has 0 spiro atoms. The van der Waals surface area contributed by atoms with Gasteiger partial charge in [-0.2, -0.15) is 5.26 Å². The molecule has 0 fully saturated rings. The number of thiophene rings is 1. The van der Waals surface area contributed by atoms with E-state index in [1.165, 1.54) is 11.8 Å². The summed E-state index contributed by atoms with van der Waals surface area (Å²) in [6, 6.07) is 2.25. The number of carbonyl (C=O) groups excluding carboxylic acids is 1.